The molecule has 14 heteroatoms. The normalized spacial score (nSPS) is 24.5. The number of hydrogen-bond donors (Lipinski definition) is 4. The molecular formula is C43H52N8O6. The minimum absolute atomic E-state index is 0.0909. The van der Waals surface area contributed by atoms with Crippen LogP contribution in [-0.2, 0) is 19.1 Å². The van der Waals surface area contributed by atoms with Crippen LogP contribution in [0.15, 0.2) is 60.9 Å². The van der Waals surface area contributed by atoms with Gasteiger partial charge in [-0.05, 0) is 85.0 Å². The highest BCUT2D eigenvalue weighted by Gasteiger charge is 2.52. The molecule has 2 aromatic heterocycles. The highest BCUT2D eigenvalue weighted by atomic mass is 16.5. The number of nitrogens with one attached hydrogen (secondary N) is 4. The summed E-state index contributed by atoms with van der Waals surface area (Å²) in [5.74, 6) is 1.90. The first-order valence-corrected chi connectivity index (χ1v) is 20.2. The molecule has 2 saturated heterocycles. The molecule has 8 atom stereocenters. The van der Waals surface area contributed by atoms with Crippen LogP contribution in [-0.4, -0.2) is 92.1 Å². The number of carbonyl (C=O) groups is 4. The standard InChI is InChI=1S/C43H52N8O6/c1-6-32(48-42(54)56-4)40(52)50-30-17-15-28(19-30)36(50)38-44-21-33(46-38)26-11-7-24(8-12-26)25-9-13-27(14-10-25)34-22-45-39(47-34)37-29-16-18-31(20-29)51(37)41(53)35(23(2)3)49-43(55)57-5/h7-14,21-23,28-32,35-37H,6,15-20H2,1-5H3,(H,44,46)(H,45,47)(H,48,54)(H,49,55)/t28-,29-,30+,31+,32-,35-,36-,37-/m0/s1. The average molecular weight is 777 g/mol. The molecule has 2 saturated carbocycles. The van der Waals surface area contributed by atoms with Crippen LogP contribution in [0, 0.1) is 17.8 Å². The molecule has 4 aromatic rings. The van der Waals surface area contributed by atoms with Gasteiger partial charge in [-0.1, -0.05) is 69.3 Å². The first kappa shape index (κ1) is 38.2. The summed E-state index contributed by atoms with van der Waals surface area (Å²) >= 11 is 0. The molecule has 4 heterocycles. The predicted octanol–water partition coefficient (Wildman–Crippen LogP) is 6.75. The lowest BCUT2D eigenvalue weighted by molar-refractivity contribution is -0.139. The quantitative estimate of drug-likeness (QED) is 0.129. The minimum Gasteiger partial charge on any atom is -0.453 e. The second-order valence-corrected chi connectivity index (χ2v) is 16.3. The van der Waals surface area contributed by atoms with Crippen LogP contribution < -0.4 is 10.6 Å². The highest BCUT2D eigenvalue weighted by Crippen LogP contribution is 2.51. The molecule has 4 aliphatic rings. The van der Waals surface area contributed by atoms with Gasteiger partial charge in [0.05, 0.1) is 50.1 Å². The van der Waals surface area contributed by atoms with Gasteiger partial charge in [0.25, 0.3) is 0 Å². The van der Waals surface area contributed by atoms with E-state index in [4.69, 9.17) is 19.4 Å². The number of hydrogen-bond acceptors (Lipinski definition) is 8. The van der Waals surface area contributed by atoms with Crippen LogP contribution in [0.3, 0.4) is 0 Å². The van der Waals surface area contributed by atoms with E-state index in [9.17, 15) is 19.2 Å². The zero-order valence-electron chi connectivity index (χ0n) is 33.2. The summed E-state index contributed by atoms with van der Waals surface area (Å²) in [6.45, 7) is 5.74. The van der Waals surface area contributed by atoms with Gasteiger partial charge in [-0.25, -0.2) is 19.6 Å². The molecule has 57 heavy (non-hydrogen) atoms. The van der Waals surface area contributed by atoms with Gasteiger partial charge in [-0.15, -0.1) is 0 Å². The molecule has 0 unspecified atom stereocenters. The Bertz CT molecular complexity index is 2110. The molecule has 2 aliphatic heterocycles. The minimum atomic E-state index is -0.680. The summed E-state index contributed by atoms with van der Waals surface area (Å²) in [7, 11) is 2.61. The number of alkyl carbamates (subject to hydrolysis) is 2. The summed E-state index contributed by atoms with van der Waals surface area (Å²) in [5, 5.41) is 5.46. The van der Waals surface area contributed by atoms with Crippen LogP contribution in [0.4, 0.5) is 9.59 Å². The summed E-state index contributed by atoms with van der Waals surface area (Å²) in [5.41, 5.74) is 5.89. The molecule has 2 aliphatic carbocycles. The van der Waals surface area contributed by atoms with E-state index in [1.807, 2.05) is 43.0 Å². The van der Waals surface area contributed by atoms with Crippen molar-refractivity contribution in [2.45, 2.75) is 102 Å². The largest absolute Gasteiger partial charge is 0.453 e. The maximum Gasteiger partial charge on any atom is 0.407 e. The number of imidazole rings is 2. The fraction of sp³-hybridized carbons (Fsp3) is 0.488. The van der Waals surface area contributed by atoms with Crippen LogP contribution in [0.5, 0.6) is 0 Å². The monoisotopic (exact) mass is 776 g/mol. The van der Waals surface area contributed by atoms with Crippen molar-refractivity contribution in [3.63, 3.8) is 0 Å². The third-order valence-electron chi connectivity index (χ3n) is 12.7. The number of methoxy groups -OCH3 is 2. The Kier molecular flexibility index (Phi) is 10.5. The highest BCUT2D eigenvalue weighted by molar-refractivity contribution is 5.87. The van der Waals surface area contributed by atoms with Crippen molar-refractivity contribution in [2.75, 3.05) is 14.2 Å². The van der Waals surface area contributed by atoms with Gasteiger partial charge in [0.2, 0.25) is 11.8 Å². The number of H-pyrrole nitrogens is 2. The van der Waals surface area contributed by atoms with Crippen molar-refractivity contribution in [1.29, 1.82) is 0 Å². The van der Waals surface area contributed by atoms with Crippen molar-refractivity contribution >= 4 is 24.0 Å². The zero-order chi connectivity index (χ0) is 40.0. The third kappa shape index (κ3) is 7.14. The number of benzene rings is 2. The van der Waals surface area contributed by atoms with E-state index in [1.54, 1.807) is 0 Å². The van der Waals surface area contributed by atoms with Crippen LogP contribution in [0.2, 0.25) is 0 Å². The van der Waals surface area contributed by atoms with Gasteiger partial charge < -0.3 is 39.9 Å². The Hall–Kier alpha value is -5.66. The summed E-state index contributed by atoms with van der Waals surface area (Å²) in [4.78, 5) is 72.2. The SMILES string of the molecule is CC[C@H](NC(=O)OC)C(=O)N1[C@@H]2CC[C@@H](C2)[C@H]1c1ncc(-c2ccc(-c3ccc(-c4cnc([C@@H]5[C@H]6CC[C@H](C6)N5C(=O)[C@@H](NC(=O)OC)C(C)C)[nH]4)cc3)cc2)[nH]1. The van der Waals surface area contributed by atoms with E-state index in [0.717, 1.165) is 83.8 Å². The number of fused-ring (bicyclic) bond motifs is 4. The van der Waals surface area contributed by atoms with Crippen LogP contribution >= 0.6 is 0 Å². The van der Waals surface area contributed by atoms with E-state index >= 15 is 0 Å². The second-order valence-electron chi connectivity index (χ2n) is 16.3. The molecule has 0 radical (unpaired) electrons. The van der Waals surface area contributed by atoms with Crippen LogP contribution in [0.1, 0.15) is 89.4 Å². The molecule has 14 nitrogen and oxygen atoms in total. The zero-order valence-corrected chi connectivity index (χ0v) is 33.2. The molecule has 4 bridgehead atoms. The Morgan fingerprint density at radius 3 is 1.56 bits per heavy atom. The lowest BCUT2D eigenvalue weighted by Gasteiger charge is -2.37. The van der Waals surface area contributed by atoms with E-state index in [-0.39, 0.29) is 41.9 Å². The van der Waals surface area contributed by atoms with E-state index in [2.05, 4.69) is 69.1 Å². The number of amides is 4. The maximum absolute atomic E-state index is 13.9. The van der Waals surface area contributed by atoms with Gasteiger partial charge in [-0.2, -0.15) is 0 Å². The molecule has 0 spiro atoms. The van der Waals surface area contributed by atoms with Gasteiger partial charge in [-0.3, -0.25) is 9.59 Å². The molecule has 300 valence electrons. The molecule has 4 amide bonds. The number of aromatic amines is 2. The van der Waals surface area contributed by atoms with Crippen molar-refractivity contribution in [3.8, 4) is 33.6 Å². The molecule has 4 N–H and O–H groups in total. The number of carbonyl (C=O) groups excluding carboxylic acids is 4. The number of piperidine rings is 2. The van der Waals surface area contributed by atoms with Crippen LogP contribution in [0.25, 0.3) is 33.6 Å². The first-order chi connectivity index (χ1) is 27.6. The van der Waals surface area contributed by atoms with Crippen molar-refractivity contribution in [3.05, 3.63) is 72.6 Å². The van der Waals surface area contributed by atoms with Gasteiger partial charge in [0.15, 0.2) is 0 Å². The van der Waals surface area contributed by atoms with Gasteiger partial charge in [0, 0.05) is 12.1 Å². The topological polar surface area (TPSA) is 175 Å². The average Bonchev–Trinajstić information content (AvgIpc) is 4.10. The molecular weight excluding hydrogens is 725 g/mol. The van der Waals surface area contributed by atoms with Gasteiger partial charge >= 0.3 is 12.2 Å². The van der Waals surface area contributed by atoms with Crippen molar-refractivity contribution < 1.29 is 28.7 Å². The lowest BCUT2D eigenvalue weighted by atomic mass is 9.95. The Labute approximate surface area is 332 Å². The number of aromatic nitrogens is 4. The van der Waals surface area contributed by atoms with E-state index < -0.39 is 24.3 Å². The number of nitrogens with zero attached hydrogens (tertiary/aromatic N) is 4. The van der Waals surface area contributed by atoms with E-state index in [0.29, 0.717) is 18.3 Å². The third-order valence-corrected chi connectivity index (χ3v) is 12.7. The summed E-state index contributed by atoms with van der Waals surface area (Å²) in [6.07, 6.45) is 8.80. The van der Waals surface area contributed by atoms with Crippen molar-refractivity contribution in [2.24, 2.45) is 17.8 Å². The number of likely N-dealkylation sites (tertiary alicyclic amines) is 2. The second kappa shape index (κ2) is 15.7. The molecule has 8 rings (SSSR count). The predicted molar refractivity (Wildman–Crippen MR) is 212 cm³/mol. The first-order valence-electron chi connectivity index (χ1n) is 20.2. The molecule has 4 fully saturated rings. The fourth-order valence-corrected chi connectivity index (χ4v) is 9.85. The van der Waals surface area contributed by atoms with E-state index in [1.165, 1.54) is 14.2 Å². The Morgan fingerprint density at radius 1 is 0.684 bits per heavy atom. The summed E-state index contributed by atoms with van der Waals surface area (Å²) in [6, 6.07) is 15.3. The maximum atomic E-state index is 13.9. The smallest absolute Gasteiger partial charge is 0.407 e. The number of ether oxygens (including phenoxy) is 2. The lowest BCUT2D eigenvalue weighted by Crippen LogP contribution is -2.54. The summed E-state index contributed by atoms with van der Waals surface area (Å²) < 4.78 is 9.59. The number of rotatable bonds is 11. The van der Waals surface area contributed by atoms with Gasteiger partial charge in [0.1, 0.15) is 23.7 Å². The Morgan fingerprint density at radius 2 is 1.12 bits per heavy atom. The fourth-order valence-electron chi connectivity index (χ4n) is 9.85. The molecule has 2 aromatic carbocycles. The Balaban J connectivity index is 0.948. The van der Waals surface area contributed by atoms with Crippen molar-refractivity contribution in [1.82, 2.24) is 40.4 Å².